The summed E-state index contributed by atoms with van der Waals surface area (Å²) in [5.74, 6) is -0.260. The third kappa shape index (κ3) is 2.95. The van der Waals surface area contributed by atoms with Gasteiger partial charge in [-0.25, -0.2) is 0 Å². The van der Waals surface area contributed by atoms with E-state index in [2.05, 4.69) is 13.8 Å². The number of piperidine rings is 1. The largest absolute Gasteiger partial charge is 0.472 e. The van der Waals surface area contributed by atoms with Crippen molar-refractivity contribution in [3.63, 3.8) is 0 Å². The maximum absolute atomic E-state index is 12.8. The lowest BCUT2D eigenvalue weighted by Crippen LogP contribution is -2.42. The Morgan fingerprint density at radius 1 is 0.963 bits per heavy atom. The highest BCUT2D eigenvalue weighted by molar-refractivity contribution is 5.99. The van der Waals surface area contributed by atoms with Gasteiger partial charge in [0.2, 0.25) is 11.8 Å². The second kappa shape index (κ2) is 6.69. The fourth-order valence-electron chi connectivity index (χ4n) is 4.27. The molecule has 1 fully saturated rings. The van der Waals surface area contributed by atoms with E-state index in [0.717, 1.165) is 33.4 Å². The van der Waals surface area contributed by atoms with Gasteiger partial charge in [0, 0.05) is 24.3 Å². The van der Waals surface area contributed by atoms with Crippen LogP contribution in [0.25, 0.3) is 11.1 Å². The molecule has 0 radical (unpaired) electrons. The first kappa shape index (κ1) is 17.5. The Morgan fingerprint density at radius 2 is 1.63 bits per heavy atom. The minimum Gasteiger partial charge on any atom is -0.472 e. The second-order valence-corrected chi connectivity index (χ2v) is 7.47. The summed E-state index contributed by atoms with van der Waals surface area (Å²) >= 11 is 0. The molecule has 0 bridgehead atoms. The molecule has 0 atom stereocenters. The third-order valence-electron chi connectivity index (χ3n) is 5.77. The standard InChI is InChI=1S/C23H23NO3/c1-14-12-27-13-19-15(2)16(3)23(22(14)19)18-9-20(25)24(21(26)10-18)11-17-7-5-4-6-8-17/h4-8,12-13,18H,9-11H2,1-3H3. The fraction of sp³-hybridized carbons (Fsp3) is 0.304. The van der Waals surface area contributed by atoms with Crippen LogP contribution in [0.4, 0.5) is 0 Å². The SMILES string of the molecule is Cc1cocc2c(C)c(C)c(C3CC(=O)N(Cc4ccccc4)C(=O)C3)c1-2. The quantitative estimate of drug-likeness (QED) is 0.633. The zero-order chi connectivity index (χ0) is 19.1. The van der Waals surface area contributed by atoms with Crippen molar-refractivity contribution in [1.82, 2.24) is 4.90 Å². The van der Waals surface area contributed by atoms with Crippen LogP contribution >= 0.6 is 0 Å². The fourth-order valence-corrected chi connectivity index (χ4v) is 4.27. The van der Waals surface area contributed by atoms with Crippen LogP contribution in [-0.4, -0.2) is 16.7 Å². The molecule has 2 amide bonds. The summed E-state index contributed by atoms with van der Waals surface area (Å²) in [6.45, 7) is 6.52. The van der Waals surface area contributed by atoms with Crippen LogP contribution in [0, 0.1) is 20.8 Å². The van der Waals surface area contributed by atoms with Gasteiger partial charge in [-0.2, -0.15) is 0 Å². The van der Waals surface area contributed by atoms with Crippen molar-refractivity contribution in [2.24, 2.45) is 0 Å². The number of amides is 2. The molecule has 138 valence electrons. The summed E-state index contributed by atoms with van der Waals surface area (Å²) in [4.78, 5) is 27.0. The van der Waals surface area contributed by atoms with Gasteiger partial charge in [-0.15, -0.1) is 0 Å². The first-order valence-electron chi connectivity index (χ1n) is 9.30. The number of rotatable bonds is 3. The van der Waals surface area contributed by atoms with Gasteiger partial charge in [0.15, 0.2) is 0 Å². The zero-order valence-electron chi connectivity index (χ0n) is 15.9. The molecular formula is C23H23NO3. The maximum Gasteiger partial charge on any atom is 0.230 e. The van der Waals surface area contributed by atoms with Crippen LogP contribution in [0.15, 0.2) is 47.3 Å². The van der Waals surface area contributed by atoms with Crippen LogP contribution in [-0.2, 0) is 16.1 Å². The first-order valence-corrected chi connectivity index (χ1v) is 9.30. The lowest BCUT2D eigenvalue weighted by atomic mass is 9.84. The molecule has 0 spiro atoms. The molecule has 2 aliphatic heterocycles. The zero-order valence-corrected chi connectivity index (χ0v) is 15.9. The number of hydrogen-bond acceptors (Lipinski definition) is 3. The molecule has 2 heterocycles. The Labute approximate surface area is 159 Å². The third-order valence-corrected chi connectivity index (χ3v) is 5.77. The summed E-state index contributed by atoms with van der Waals surface area (Å²) in [5, 5.41) is 0. The van der Waals surface area contributed by atoms with Gasteiger partial charge in [-0.05, 0) is 54.2 Å². The molecular weight excluding hydrogens is 338 g/mol. The number of imide groups is 1. The van der Waals surface area contributed by atoms with E-state index in [1.165, 1.54) is 10.5 Å². The lowest BCUT2D eigenvalue weighted by molar-refractivity contribution is -0.149. The van der Waals surface area contributed by atoms with Crippen LogP contribution < -0.4 is 0 Å². The number of fused-ring (bicyclic) bond motifs is 1. The van der Waals surface area contributed by atoms with Crippen molar-refractivity contribution in [3.8, 4) is 11.1 Å². The Kier molecular flexibility index (Phi) is 4.34. The molecule has 1 aliphatic carbocycles. The molecule has 4 nitrogen and oxygen atoms in total. The molecule has 0 saturated carbocycles. The van der Waals surface area contributed by atoms with E-state index in [1.54, 1.807) is 12.5 Å². The highest BCUT2D eigenvalue weighted by Crippen LogP contribution is 2.45. The van der Waals surface area contributed by atoms with E-state index in [4.69, 9.17) is 4.42 Å². The number of likely N-dealkylation sites (tertiary alicyclic amines) is 1. The summed E-state index contributed by atoms with van der Waals surface area (Å²) in [6, 6.07) is 9.66. The van der Waals surface area contributed by atoms with E-state index in [9.17, 15) is 9.59 Å². The van der Waals surface area contributed by atoms with Crippen molar-refractivity contribution >= 4 is 11.8 Å². The monoisotopic (exact) mass is 361 g/mol. The predicted octanol–water partition coefficient (Wildman–Crippen LogP) is 4.74. The number of carbonyl (C=O) groups excluding carboxylic acids is 2. The molecule has 27 heavy (non-hydrogen) atoms. The highest BCUT2D eigenvalue weighted by atomic mass is 16.3. The van der Waals surface area contributed by atoms with Gasteiger partial charge >= 0.3 is 0 Å². The van der Waals surface area contributed by atoms with Crippen molar-refractivity contribution in [3.05, 3.63) is 70.7 Å². The smallest absolute Gasteiger partial charge is 0.230 e. The number of nitrogens with zero attached hydrogens (tertiary/aromatic N) is 1. The molecule has 4 heteroatoms. The molecule has 0 unspecified atom stereocenters. The Balaban J connectivity index is 1.65. The van der Waals surface area contributed by atoms with Crippen LogP contribution in [0.5, 0.6) is 0 Å². The summed E-state index contributed by atoms with van der Waals surface area (Å²) in [6.07, 6.45) is 4.23. The van der Waals surface area contributed by atoms with Crippen molar-refractivity contribution < 1.29 is 14.0 Å². The van der Waals surface area contributed by atoms with E-state index >= 15 is 0 Å². The Bertz CT molecular complexity index is 968. The molecule has 4 rings (SSSR count). The Hall–Kier alpha value is -2.88. The van der Waals surface area contributed by atoms with Crippen molar-refractivity contribution in [2.75, 3.05) is 0 Å². The second-order valence-electron chi connectivity index (χ2n) is 7.47. The normalized spacial score (nSPS) is 15.7. The van der Waals surface area contributed by atoms with Crippen LogP contribution in [0.1, 0.15) is 46.6 Å². The van der Waals surface area contributed by atoms with Crippen molar-refractivity contribution in [2.45, 2.75) is 46.1 Å². The maximum atomic E-state index is 12.8. The molecule has 1 aromatic carbocycles. The Morgan fingerprint density at radius 3 is 2.30 bits per heavy atom. The molecule has 0 aromatic heterocycles. The van der Waals surface area contributed by atoms with Gasteiger partial charge in [-0.1, -0.05) is 30.3 Å². The first-order chi connectivity index (χ1) is 13.0. The molecule has 1 saturated heterocycles. The van der Waals surface area contributed by atoms with Gasteiger partial charge in [-0.3, -0.25) is 14.5 Å². The van der Waals surface area contributed by atoms with E-state index in [-0.39, 0.29) is 17.7 Å². The predicted molar refractivity (Wildman–Crippen MR) is 104 cm³/mol. The van der Waals surface area contributed by atoms with Gasteiger partial charge in [0.25, 0.3) is 0 Å². The number of benzene rings is 1. The van der Waals surface area contributed by atoms with Gasteiger partial charge < -0.3 is 4.42 Å². The van der Waals surface area contributed by atoms with Gasteiger partial charge in [0.05, 0.1) is 19.1 Å². The summed E-state index contributed by atoms with van der Waals surface area (Å²) in [5.41, 5.74) is 7.70. The minimum absolute atomic E-state index is 0.0747. The van der Waals surface area contributed by atoms with E-state index in [1.807, 2.05) is 37.3 Å². The number of aryl methyl sites for hydroxylation is 1. The average molecular weight is 361 g/mol. The minimum atomic E-state index is -0.0928. The summed E-state index contributed by atoms with van der Waals surface area (Å²) < 4.78 is 5.44. The number of carbonyl (C=O) groups is 2. The van der Waals surface area contributed by atoms with Crippen LogP contribution in [0.2, 0.25) is 0 Å². The topological polar surface area (TPSA) is 50.5 Å². The van der Waals surface area contributed by atoms with E-state index < -0.39 is 0 Å². The lowest BCUT2D eigenvalue weighted by Gasteiger charge is -2.31. The van der Waals surface area contributed by atoms with Crippen LogP contribution in [0.3, 0.4) is 0 Å². The molecule has 3 aliphatic rings. The van der Waals surface area contributed by atoms with E-state index in [0.29, 0.717) is 19.4 Å². The van der Waals surface area contributed by atoms with Gasteiger partial charge in [0.1, 0.15) is 0 Å². The number of hydrogen-bond donors (Lipinski definition) is 0. The molecule has 0 N–H and O–H groups in total. The highest BCUT2D eigenvalue weighted by Gasteiger charge is 2.37. The van der Waals surface area contributed by atoms with Crippen molar-refractivity contribution in [1.29, 1.82) is 0 Å². The molecule has 1 aromatic rings. The summed E-state index contributed by atoms with van der Waals surface area (Å²) in [7, 11) is 0. The average Bonchev–Trinajstić information content (AvgIpc) is 2.91.